The number of furan rings is 1. The van der Waals surface area contributed by atoms with Crippen LogP contribution in [0, 0.1) is 43.8 Å². The van der Waals surface area contributed by atoms with E-state index in [1.807, 2.05) is 0 Å². The van der Waals surface area contributed by atoms with E-state index in [0.717, 1.165) is 29.2 Å². The van der Waals surface area contributed by atoms with Gasteiger partial charge in [0.15, 0.2) is 15.4 Å². The predicted octanol–water partition coefficient (Wildman–Crippen LogP) is 4.56. The zero-order valence-corrected chi connectivity index (χ0v) is 28.1. The SMILES string of the molecule is CN(C)c1c([N+](=O)[O-])cc(N2C(=O)C3CC=C4C(CC5(Cl)C(=O)N(c6ccc(F)cc6)C(=O)C5(Cl)C4c4ccc(CO)o4)C3C2=O)cc1[N+](=O)[O-]. The maximum atomic E-state index is 14.4. The molecule has 6 atom stereocenters. The van der Waals surface area contributed by atoms with E-state index >= 15 is 0 Å². The van der Waals surface area contributed by atoms with Crippen LogP contribution in [0.5, 0.6) is 0 Å². The molecule has 2 aliphatic heterocycles. The summed E-state index contributed by atoms with van der Waals surface area (Å²) in [7, 11) is 2.74. The minimum absolute atomic E-state index is 0.0208. The first kappa shape index (κ1) is 34.3. The summed E-state index contributed by atoms with van der Waals surface area (Å²) < 4.78 is 19.7. The number of aliphatic hydroxyl groups is 1. The zero-order valence-electron chi connectivity index (χ0n) is 26.6. The molecule has 7 rings (SSSR count). The summed E-state index contributed by atoms with van der Waals surface area (Å²) in [6, 6.07) is 9.20. The monoisotopic (exact) mass is 741 g/mol. The summed E-state index contributed by atoms with van der Waals surface area (Å²) in [6.45, 7) is -0.525. The van der Waals surface area contributed by atoms with Crippen molar-refractivity contribution in [3.8, 4) is 0 Å². The van der Waals surface area contributed by atoms with Crippen molar-refractivity contribution in [1.29, 1.82) is 0 Å². The van der Waals surface area contributed by atoms with Gasteiger partial charge in [-0.2, -0.15) is 0 Å². The van der Waals surface area contributed by atoms with E-state index in [1.165, 1.54) is 43.3 Å². The molecule has 0 bridgehead atoms. The molecular weight excluding hydrogens is 716 g/mol. The maximum Gasteiger partial charge on any atom is 0.301 e. The molecule has 0 radical (unpaired) electrons. The van der Waals surface area contributed by atoms with Crippen molar-refractivity contribution in [3.05, 3.63) is 97.7 Å². The van der Waals surface area contributed by atoms with E-state index in [4.69, 9.17) is 27.6 Å². The number of nitro benzene ring substituents is 2. The van der Waals surface area contributed by atoms with Gasteiger partial charge in [0.1, 0.15) is 23.9 Å². The number of allylic oxidation sites excluding steroid dienone is 2. The van der Waals surface area contributed by atoms with Gasteiger partial charge in [-0.05, 0) is 55.2 Å². The topological polar surface area (TPSA) is 198 Å². The second-order valence-electron chi connectivity index (χ2n) is 13.0. The average Bonchev–Trinajstić information content (AvgIpc) is 3.70. The van der Waals surface area contributed by atoms with E-state index in [2.05, 4.69) is 0 Å². The molecule has 1 aromatic heterocycles. The number of amides is 4. The first-order chi connectivity index (χ1) is 24.1. The molecular formula is C33H26Cl2FN5O10. The fourth-order valence-corrected chi connectivity index (χ4v) is 8.97. The molecule has 51 heavy (non-hydrogen) atoms. The third kappa shape index (κ3) is 4.66. The molecule has 3 heterocycles. The number of hydrogen-bond acceptors (Lipinski definition) is 11. The summed E-state index contributed by atoms with van der Waals surface area (Å²) in [5.41, 5.74) is -1.83. The van der Waals surface area contributed by atoms with Gasteiger partial charge in [0.2, 0.25) is 11.8 Å². The molecule has 4 aliphatic rings. The smallest absolute Gasteiger partial charge is 0.301 e. The summed E-state index contributed by atoms with van der Waals surface area (Å²) in [4.78, 5) is 77.6. The van der Waals surface area contributed by atoms with E-state index in [1.54, 1.807) is 6.08 Å². The maximum absolute atomic E-state index is 14.4. The average molecular weight is 743 g/mol. The molecule has 1 saturated carbocycles. The van der Waals surface area contributed by atoms with Crippen molar-refractivity contribution in [2.75, 3.05) is 28.8 Å². The Labute approximate surface area is 297 Å². The quantitative estimate of drug-likeness (QED) is 0.117. The third-order valence-corrected chi connectivity index (χ3v) is 11.6. The van der Waals surface area contributed by atoms with Gasteiger partial charge in [0.25, 0.3) is 11.8 Å². The van der Waals surface area contributed by atoms with Crippen LogP contribution in [0.3, 0.4) is 0 Å². The lowest BCUT2D eigenvalue weighted by Crippen LogP contribution is -2.60. The lowest BCUT2D eigenvalue weighted by molar-refractivity contribution is -0.392. The molecule has 4 amide bonds. The Kier molecular flexibility index (Phi) is 7.85. The number of hydrogen-bond donors (Lipinski definition) is 1. The molecule has 3 fully saturated rings. The molecule has 6 unspecified atom stereocenters. The first-order valence-corrected chi connectivity index (χ1v) is 16.3. The molecule has 18 heteroatoms. The van der Waals surface area contributed by atoms with Crippen molar-refractivity contribution in [2.24, 2.45) is 17.8 Å². The van der Waals surface area contributed by atoms with Crippen LogP contribution in [-0.4, -0.2) is 62.4 Å². The van der Waals surface area contributed by atoms with Gasteiger partial charge < -0.3 is 14.4 Å². The highest BCUT2D eigenvalue weighted by molar-refractivity contribution is 6.58. The number of aliphatic hydroxyl groups excluding tert-OH is 1. The third-order valence-electron chi connectivity index (χ3n) is 10.2. The standard InChI is InChI=1S/C33H26Cl2FN5O10/c1-37(2)27-22(40(47)48)11-17(12-23(27)41(49)50)38-28(43)20-9-8-19-21(25(20)29(38)44)13-32(34)30(45)39(16-5-3-15(36)4-6-16)31(46)33(32,35)26(19)24-10-7-18(14-42)51-24/h3-8,10-12,20-21,25-26,42H,9,13-14H2,1-2H3. The Morgan fingerprint density at radius 2 is 1.55 bits per heavy atom. The predicted molar refractivity (Wildman–Crippen MR) is 178 cm³/mol. The molecule has 2 aromatic carbocycles. The van der Waals surface area contributed by atoms with Crippen LogP contribution in [0.2, 0.25) is 0 Å². The van der Waals surface area contributed by atoms with Gasteiger partial charge in [0, 0.05) is 26.2 Å². The van der Waals surface area contributed by atoms with Crippen LogP contribution in [0.25, 0.3) is 0 Å². The summed E-state index contributed by atoms with van der Waals surface area (Å²) in [6.07, 6.45) is 1.11. The highest BCUT2D eigenvalue weighted by Gasteiger charge is 2.77. The number of halogens is 3. The van der Waals surface area contributed by atoms with Gasteiger partial charge in [-0.1, -0.05) is 11.6 Å². The summed E-state index contributed by atoms with van der Waals surface area (Å²) >= 11 is 14.5. The van der Waals surface area contributed by atoms with Crippen LogP contribution in [0.15, 0.2) is 64.6 Å². The van der Waals surface area contributed by atoms with E-state index < -0.39 is 103 Å². The Balaban J connectivity index is 1.37. The lowest BCUT2D eigenvalue weighted by atomic mass is 9.57. The van der Waals surface area contributed by atoms with Crippen molar-refractivity contribution >= 4 is 75.3 Å². The molecule has 2 saturated heterocycles. The van der Waals surface area contributed by atoms with Crippen LogP contribution in [0.4, 0.5) is 32.8 Å². The van der Waals surface area contributed by atoms with Crippen molar-refractivity contribution in [1.82, 2.24) is 0 Å². The Bertz CT molecular complexity index is 2090. The number of alkyl halides is 2. The number of benzene rings is 2. The molecule has 1 N–H and O–H groups in total. The highest BCUT2D eigenvalue weighted by atomic mass is 35.5. The number of carbonyl (C=O) groups is 4. The Morgan fingerprint density at radius 3 is 2.10 bits per heavy atom. The highest BCUT2D eigenvalue weighted by Crippen LogP contribution is 2.66. The van der Waals surface area contributed by atoms with Crippen LogP contribution >= 0.6 is 23.2 Å². The molecule has 0 spiro atoms. The van der Waals surface area contributed by atoms with Crippen molar-refractivity contribution in [2.45, 2.75) is 35.1 Å². The van der Waals surface area contributed by atoms with Crippen molar-refractivity contribution < 1.29 is 42.9 Å². The van der Waals surface area contributed by atoms with Crippen LogP contribution in [0.1, 0.15) is 30.3 Å². The number of rotatable bonds is 7. The van der Waals surface area contributed by atoms with E-state index in [-0.39, 0.29) is 29.3 Å². The number of nitro groups is 2. The largest absolute Gasteiger partial charge is 0.463 e. The van der Waals surface area contributed by atoms with Crippen LogP contribution in [-0.2, 0) is 25.8 Å². The Morgan fingerprint density at radius 1 is 0.922 bits per heavy atom. The second-order valence-corrected chi connectivity index (χ2v) is 14.2. The molecule has 2 aliphatic carbocycles. The van der Waals surface area contributed by atoms with Gasteiger partial charge in [-0.25, -0.2) is 14.2 Å². The molecule has 15 nitrogen and oxygen atoms in total. The fourth-order valence-electron chi connectivity index (χ4n) is 8.06. The van der Waals surface area contributed by atoms with Crippen molar-refractivity contribution in [3.63, 3.8) is 0 Å². The summed E-state index contributed by atoms with van der Waals surface area (Å²) in [5.74, 6) is -8.70. The van der Waals surface area contributed by atoms with E-state index in [9.17, 15) is 48.9 Å². The number of imide groups is 2. The number of nitrogens with zero attached hydrogens (tertiary/aromatic N) is 5. The number of carbonyl (C=O) groups excluding carboxylic acids is 4. The van der Waals surface area contributed by atoms with Gasteiger partial charge in [-0.3, -0.25) is 39.4 Å². The minimum atomic E-state index is -2.27. The van der Waals surface area contributed by atoms with Gasteiger partial charge >= 0.3 is 11.4 Å². The fraction of sp³-hybridized carbons (Fsp3) is 0.333. The normalized spacial score (nSPS) is 28.4. The molecule has 264 valence electrons. The summed E-state index contributed by atoms with van der Waals surface area (Å²) in [5, 5.41) is 33.9. The molecule has 3 aromatic rings. The van der Waals surface area contributed by atoms with E-state index in [0.29, 0.717) is 10.5 Å². The lowest BCUT2D eigenvalue weighted by Gasteiger charge is -2.49. The van der Waals surface area contributed by atoms with Crippen LogP contribution < -0.4 is 14.7 Å². The zero-order chi connectivity index (χ0) is 36.9. The van der Waals surface area contributed by atoms with Gasteiger partial charge in [0.05, 0.1) is 39.0 Å². The number of fused-ring (bicyclic) bond motifs is 4. The first-order valence-electron chi connectivity index (χ1n) is 15.5. The number of anilines is 3. The minimum Gasteiger partial charge on any atom is -0.463 e. The Hall–Kier alpha value is -5.19. The second kappa shape index (κ2) is 11.7. The van der Waals surface area contributed by atoms with Gasteiger partial charge in [-0.15, -0.1) is 23.2 Å².